The van der Waals surface area contributed by atoms with Gasteiger partial charge in [-0.3, -0.25) is 4.40 Å². The lowest BCUT2D eigenvalue weighted by Gasteiger charge is -2.21. The number of hydrogen-bond acceptors (Lipinski definition) is 1. The Kier molecular flexibility index (Phi) is 4.44. The molecule has 0 unspecified atom stereocenters. The standard InChI is InChI=1S/C37H25N3/c1-2-12-31-27(9-1)30-22-19-25(23-36(30)40-35-16-8-5-13-32(35)38-37(31)40)24-17-20-26(21-18-24)39-33-14-6-3-10-28(33)29-11-4-7-15-34(29)39/h1-18,20-21,23H,19,22H2. The van der Waals surface area contributed by atoms with Crippen molar-refractivity contribution in [2.24, 2.45) is 0 Å². The van der Waals surface area contributed by atoms with Gasteiger partial charge in [0.15, 0.2) is 0 Å². The van der Waals surface area contributed by atoms with Crippen molar-refractivity contribution in [2.75, 3.05) is 0 Å². The molecular formula is C37H25N3. The summed E-state index contributed by atoms with van der Waals surface area (Å²) in [6, 6.07) is 43.7. The summed E-state index contributed by atoms with van der Waals surface area (Å²) in [7, 11) is 0. The first-order chi connectivity index (χ1) is 19.8. The average Bonchev–Trinajstić information content (AvgIpc) is 3.58. The number of hydrogen-bond donors (Lipinski definition) is 0. The molecule has 3 nitrogen and oxygen atoms in total. The third-order valence-corrected chi connectivity index (χ3v) is 8.64. The van der Waals surface area contributed by atoms with Crippen molar-refractivity contribution in [1.29, 1.82) is 0 Å². The smallest absolute Gasteiger partial charge is 0.146 e. The fourth-order valence-electron chi connectivity index (χ4n) is 6.83. The van der Waals surface area contributed by atoms with Crippen LogP contribution in [-0.4, -0.2) is 14.0 Å². The van der Waals surface area contributed by atoms with Crippen LogP contribution in [0.1, 0.15) is 23.2 Å². The molecule has 0 saturated heterocycles. The van der Waals surface area contributed by atoms with Crippen LogP contribution in [0.15, 0.2) is 121 Å². The van der Waals surface area contributed by atoms with Crippen LogP contribution in [0.4, 0.5) is 0 Å². The van der Waals surface area contributed by atoms with Crippen molar-refractivity contribution in [2.45, 2.75) is 12.8 Å². The number of para-hydroxylation sites is 4. The molecule has 0 atom stereocenters. The fourth-order valence-corrected chi connectivity index (χ4v) is 6.83. The van der Waals surface area contributed by atoms with Gasteiger partial charge in [-0.05, 0) is 77.4 Å². The molecule has 0 spiro atoms. The maximum Gasteiger partial charge on any atom is 0.146 e. The number of rotatable bonds is 2. The highest BCUT2D eigenvalue weighted by atomic mass is 15.0. The first-order valence-electron chi connectivity index (χ1n) is 14.0. The number of fused-ring (bicyclic) bond motifs is 11. The maximum absolute atomic E-state index is 5.07. The Labute approximate surface area is 231 Å². The molecule has 9 rings (SSSR count). The van der Waals surface area contributed by atoms with E-state index >= 15 is 0 Å². The molecule has 0 N–H and O–H groups in total. The second kappa shape index (κ2) is 8.17. The number of aromatic nitrogens is 3. The largest absolute Gasteiger partial charge is 0.309 e. The molecule has 188 valence electrons. The molecule has 5 aromatic carbocycles. The lowest BCUT2D eigenvalue weighted by molar-refractivity contribution is 0.983. The highest BCUT2D eigenvalue weighted by Gasteiger charge is 2.21. The number of nitrogens with zero attached hydrogens (tertiary/aromatic N) is 3. The minimum absolute atomic E-state index is 1.01. The molecule has 8 aromatic rings. The van der Waals surface area contributed by atoms with Gasteiger partial charge in [-0.1, -0.05) is 84.9 Å². The number of benzene rings is 5. The Bertz CT molecular complexity index is 2260. The molecule has 0 fully saturated rings. The Balaban J connectivity index is 1.23. The van der Waals surface area contributed by atoms with Crippen LogP contribution in [0.5, 0.6) is 0 Å². The number of aryl methyl sites for hydroxylation is 1. The van der Waals surface area contributed by atoms with Crippen LogP contribution in [0, 0.1) is 0 Å². The van der Waals surface area contributed by atoms with E-state index < -0.39 is 0 Å². The van der Waals surface area contributed by atoms with Crippen LogP contribution < -0.4 is 0 Å². The van der Waals surface area contributed by atoms with Crippen molar-refractivity contribution in [3.05, 3.63) is 138 Å². The molecular weight excluding hydrogens is 486 g/mol. The lowest BCUT2D eigenvalue weighted by atomic mass is 9.88. The molecule has 0 bridgehead atoms. The molecule has 0 aliphatic heterocycles. The van der Waals surface area contributed by atoms with E-state index in [1.807, 2.05) is 0 Å². The minimum atomic E-state index is 1.01. The molecule has 0 radical (unpaired) electrons. The van der Waals surface area contributed by atoms with E-state index in [4.69, 9.17) is 4.98 Å². The van der Waals surface area contributed by atoms with E-state index in [1.165, 1.54) is 66.2 Å². The normalized spacial score (nSPS) is 13.4. The molecule has 0 saturated carbocycles. The van der Waals surface area contributed by atoms with Crippen LogP contribution in [0.3, 0.4) is 0 Å². The zero-order valence-corrected chi connectivity index (χ0v) is 21.9. The minimum Gasteiger partial charge on any atom is -0.309 e. The van der Waals surface area contributed by atoms with Gasteiger partial charge < -0.3 is 4.57 Å². The Morgan fingerprint density at radius 1 is 0.525 bits per heavy atom. The van der Waals surface area contributed by atoms with Crippen LogP contribution in [-0.2, 0) is 6.42 Å². The summed E-state index contributed by atoms with van der Waals surface area (Å²) < 4.78 is 4.75. The Morgan fingerprint density at radius 2 is 1.12 bits per heavy atom. The van der Waals surface area contributed by atoms with Crippen molar-refractivity contribution < 1.29 is 0 Å². The number of imidazole rings is 1. The zero-order valence-electron chi connectivity index (χ0n) is 21.9. The molecule has 1 aliphatic carbocycles. The van der Waals surface area contributed by atoms with Crippen LogP contribution in [0.25, 0.3) is 66.6 Å². The lowest BCUT2D eigenvalue weighted by Crippen LogP contribution is -2.06. The first kappa shape index (κ1) is 21.7. The molecule has 3 heterocycles. The first-order valence-corrected chi connectivity index (χ1v) is 14.0. The summed E-state index contributed by atoms with van der Waals surface area (Å²) in [6.07, 6.45) is 4.43. The molecule has 3 aromatic heterocycles. The summed E-state index contributed by atoms with van der Waals surface area (Å²) >= 11 is 0. The summed E-state index contributed by atoms with van der Waals surface area (Å²) in [5, 5.41) is 5.12. The topological polar surface area (TPSA) is 22.2 Å². The van der Waals surface area contributed by atoms with E-state index in [2.05, 4.69) is 136 Å². The van der Waals surface area contributed by atoms with E-state index in [1.54, 1.807) is 0 Å². The summed E-state index contributed by atoms with van der Waals surface area (Å²) in [5.74, 6) is 0. The second-order valence-corrected chi connectivity index (χ2v) is 10.8. The monoisotopic (exact) mass is 511 g/mol. The van der Waals surface area contributed by atoms with Gasteiger partial charge in [-0.15, -0.1) is 0 Å². The fraction of sp³-hybridized carbons (Fsp3) is 0.0541. The Morgan fingerprint density at radius 3 is 1.85 bits per heavy atom. The number of pyridine rings is 1. The number of allylic oxidation sites excluding steroid dienone is 1. The highest BCUT2D eigenvalue weighted by Crippen LogP contribution is 2.38. The molecule has 40 heavy (non-hydrogen) atoms. The van der Waals surface area contributed by atoms with Gasteiger partial charge in [0.05, 0.1) is 27.8 Å². The summed E-state index contributed by atoms with van der Waals surface area (Å²) in [6.45, 7) is 0. The van der Waals surface area contributed by atoms with Crippen LogP contribution >= 0.6 is 0 Å². The SMILES string of the molecule is C1=C(c2ccc(-n3c4ccccc4c4ccccc43)cc2)CCc2c1n1c3ccccc3nc1c1ccccc21. The Hall–Kier alpha value is -5.15. The van der Waals surface area contributed by atoms with Gasteiger partial charge in [0.25, 0.3) is 0 Å². The zero-order chi connectivity index (χ0) is 26.2. The molecule has 3 heteroatoms. The van der Waals surface area contributed by atoms with Gasteiger partial charge in [0.2, 0.25) is 0 Å². The molecule has 0 amide bonds. The van der Waals surface area contributed by atoms with Gasteiger partial charge in [-0.2, -0.15) is 0 Å². The second-order valence-electron chi connectivity index (χ2n) is 10.8. The highest BCUT2D eigenvalue weighted by molar-refractivity contribution is 6.09. The molecule has 1 aliphatic rings. The average molecular weight is 512 g/mol. The van der Waals surface area contributed by atoms with Crippen molar-refractivity contribution in [3.8, 4) is 5.69 Å². The third kappa shape index (κ3) is 2.97. The van der Waals surface area contributed by atoms with Gasteiger partial charge in [0.1, 0.15) is 5.65 Å². The summed E-state index contributed by atoms with van der Waals surface area (Å²) in [5.41, 5.74) is 12.2. The third-order valence-electron chi connectivity index (χ3n) is 8.64. The van der Waals surface area contributed by atoms with E-state index in [-0.39, 0.29) is 0 Å². The van der Waals surface area contributed by atoms with E-state index in [9.17, 15) is 0 Å². The maximum atomic E-state index is 5.07. The van der Waals surface area contributed by atoms with Crippen molar-refractivity contribution >= 4 is 60.9 Å². The van der Waals surface area contributed by atoms with Crippen molar-refractivity contribution in [3.63, 3.8) is 0 Å². The van der Waals surface area contributed by atoms with Gasteiger partial charge in [-0.25, -0.2) is 4.98 Å². The summed E-state index contributed by atoms with van der Waals surface area (Å²) in [4.78, 5) is 5.07. The van der Waals surface area contributed by atoms with Crippen LogP contribution in [0.2, 0.25) is 0 Å². The van der Waals surface area contributed by atoms with E-state index in [0.717, 1.165) is 24.0 Å². The van der Waals surface area contributed by atoms with Gasteiger partial charge >= 0.3 is 0 Å². The van der Waals surface area contributed by atoms with E-state index in [0.29, 0.717) is 0 Å². The predicted molar refractivity (Wildman–Crippen MR) is 167 cm³/mol. The quantitative estimate of drug-likeness (QED) is 0.227. The van der Waals surface area contributed by atoms with Gasteiger partial charge in [0, 0.05) is 21.8 Å². The van der Waals surface area contributed by atoms with Crippen molar-refractivity contribution in [1.82, 2.24) is 14.0 Å². The predicted octanol–water partition coefficient (Wildman–Crippen LogP) is 9.22.